The fourth-order valence-corrected chi connectivity index (χ4v) is 3.65. The van der Waals surface area contributed by atoms with Crippen molar-refractivity contribution in [2.24, 2.45) is 0 Å². The molecule has 1 N–H and O–H groups in total. The molecule has 0 saturated carbocycles. The molecule has 0 aliphatic carbocycles. The van der Waals surface area contributed by atoms with E-state index in [0.717, 1.165) is 17.7 Å². The molecule has 11 heteroatoms. The van der Waals surface area contributed by atoms with Gasteiger partial charge in [0.25, 0.3) is 0 Å². The number of allylic oxidation sites excluding steroid dienone is 2. The number of aryl methyl sites for hydroxylation is 1. The Morgan fingerprint density at radius 3 is 2.81 bits per heavy atom. The first-order valence-electron chi connectivity index (χ1n) is 7.98. The summed E-state index contributed by atoms with van der Waals surface area (Å²) in [6, 6.07) is 2.03. The summed E-state index contributed by atoms with van der Waals surface area (Å²) in [5, 5.41) is 12.0. The zero-order valence-corrected chi connectivity index (χ0v) is 14.8. The Kier molecular flexibility index (Phi) is 4.10. The maximum absolute atomic E-state index is 13.8. The minimum Gasteiger partial charge on any atom is -0.320 e. The van der Waals surface area contributed by atoms with E-state index in [2.05, 4.69) is 20.5 Å². The van der Waals surface area contributed by atoms with E-state index in [4.69, 9.17) is 0 Å². The monoisotopic (exact) mass is 394 g/mol. The minimum atomic E-state index is -4.77. The number of alkyl halides is 3. The van der Waals surface area contributed by atoms with Gasteiger partial charge < -0.3 is 5.32 Å². The first-order chi connectivity index (χ1) is 12.9. The van der Waals surface area contributed by atoms with Crippen molar-refractivity contribution < 1.29 is 18.0 Å². The average molecular weight is 394 g/mol. The number of aromatic nitrogens is 5. The average Bonchev–Trinajstić information content (AvgIpc) is 3.39. The number of thiophene rings is 1. The highest BCUT2D eigenvalue weighted by Gasteiger charge is 2.46. The van der Waals surface area contributed by atoms with Gasteiger partial charge in [0.15, 0.2) is 0 Å². The number of rotatable bonds is 4. The summed E-state index contributed by atoms with van der Waals surface area (Å²) in [5.74, 6) is -0.792. The molecule has 3 aromatic heterocycles. The number of Topliss-reactive ketones (excluding diaryl/α,β-unsaturated/α-hetero) is 1. The minimum absolute atomic E-state index is 0.0840. The zero-order chi connectivity index (χ0) is 19.2. The molecule has 1 atom stereocenters. The molecule has 0 aromatic carbocycles. The second-order valence-electron chi connectivity index (χ2n) is 5.78. The highest BCUT2D eigenvalue weighted by atomic mass is 32.1. The number of nitrogens with zero attached hydrogens (tertiary/aromatic N) is 5. The van der Waals surface area contributed by atoms with Crippen molar-refractivity contribution in [1.82, 2.24) is 24.5 Å². The second-order valence-corrected chi connectivity index (χ2v) is 6.73. The molecule has 3 aromatic rings. The van der Waals surface area contributed by atoms with Crippen LogP contribution in [0.2, 0.25) is 0 Å². The van der Waals surface area contributed by atoms with Gasteiger partial charge in [0.1, 0.15) is 18.1 Å². The van der Waals surface area contributed by atoms with E-state index in [1.165, 1.54) is 16.9 Å². The third-order valence-corrected chi connectivity index (χ3v) is 5.03. The SMILES string of the molecule is CCn1cc(C2C(C(=O)c3cccs3)=C(C(F)(F)F)Nc3ncnn32)cn1. The number of carbonyl (C=O) groups is 1. The molecule has 0 fully saturated rings. The van der Waals surface area contributed by atoms with Gasteiger partial charge in [0.05, 0.1) is 16.6 Å². The van der Waals surface area contributed by atoms with Crippen molar-refractivity contribution in [1.29, 1.82) is 0 Å². The summed E-state index contributed by atoms with van der Waals surface area (Å²) in [6.45, 7) is 2.40. The molecular formula is C16H13F3N6OS. The lowest BCUT2D eigenvalue weighted by molar-refractivity contribution is -0.0918. The Hall–Kier alpha value is -2.95. The van der Waals surface area contributed by atoms with Crippen LogP contribution in [-0.4, -0.2) is 36.5 Å². The Morgan fingerprint density at radius 2 is 2.19 bits per heavy atom. The number of halogens is 3. The lowest BCUT2D eigenvalue weighted by Gasteiger charge is -2.29. The van der Waals surface area contributed by atoms with Gasteiger partial charge in [-0.05, 0) is 18.4 Å². The van der Waals surface area contributed by atoms with E-state index in [-0.39, 0.29) is 10.8 Å². The van der Waals surface area contributed by atoms with E-state index in [1.54, 1.807) is 22.3 Å². The standard InChI is InChI=1S/C16H13F3N6OS/c1-2-24-7-9(6-21-24)12-11(13(26)10-4-3-5-27-10)14(16(17,18)19)23-15-20-8-22-25(12)15/h3-8,12H,2H2,1H3,(H,20,22,23). The van der Waals surface area contributed by atoms with Gasteiger partial charge in [-0.3, -0.25) is 9.48 Å². The Morgan fingerprint density at radius 1 is 1.37 bits per heavy atom. The van der Waals surface area contributed by atoms with Crippen LogP contribution in [0.3, 0.4) is 0 Å². The van der Waals surface area contributed by atoms with Crippen LogP contribution in [0, 0.1) is 0 Å². The highest BCUT2D eigenvalue weighted by Crippen LogP contribution is 2.42. The van der Waals surface area contributed by atoms with Gasteiger partial charge in [-0.2, -0.15) is 28.4 Å². The lowest BCUT2D eigenvalue weighted by Crippen LogP contribution is -2.34. The largest absolute Gasteiger partial charge is 0.431 e. The molecule has 7 nitrogen and oxygen atoms in total. The molecule has 0 spiro atoms. The van der Waals surface area contributed by atoms with Crippen molar-refractivity contribution in [3.05, 3.63) is 57.9 Å². The molecule has 1 aliphatic heterocycles. The summed E-state index contributed by atoms with van der Waals surface area (Å²) < 4.78 is 44.3. The van der Waals surface area contributed by atoms with E-state index in [0.29, 0.717) is 12.1 Å². The maximum Gasteiger partial charge on any atom is 0.431 e. The summed E-state index contributed by atoms with van der Waals surface area (Å²) >= 11 is 1.08. The van der Waals surface area contributed by atoms with Crippen molar-refractivity contribution in [3.8, 4) is 0 Å². The summed E-state index contributed by atoms with van der Waals surface area (Å²) in [6.07, 6.45) is -0.567. The van der Waals surface area contributed by atoms with Crippen LogP contribution in [0.25, 0.3) is 0 Å². The normalized spacial score (nSPS) is 17.0. The van der Waals surface area contributed by atoms with Crippen LogP contribution < -0.4 is 5.32 Å². The first-order valence-corrected chi connectivity index (χ1v) is 8.86. The predicted octanol–water partition coefficient (Wildman–Crippen LogP) is 3.27. The molecule has 0 bridgehead atoms. The van der Waals surface area contributed by atoms with Gasteiger partial charge in [-0.25, -0.2) is 4.68 Å². The fourth-order valence-electron chi connectivity index (χ4n) is 2.97. The molecule has 0 amide bonds. The van der Waals surface area contributed by atoms with Crippen molar-refractivity contribution in [3.63, 3.8) is 0 Å². The van der Waals surface area contributed by atoms with E-state index < -0.39 is 29.3 Å². The van der Waals surface area contributed by atoms with Crippen LogP contribution in [0.1, 0.15) is 28.2 Å². The van der Waals surface area contributed by atoms with Crippen molar-refractivity contribution in [2.45, 2.75) is 25.7 Å². The van der Waals surface area contributed by atoms with E-state index in [1.807, 2.05) is 6.92 Å². The molecule has 4 rings (SSSR count). The number of anilines is 1. The number of fused-ring (bicyclic) bond motifs is 1. The number of hydrogen-bond donors (Lipinski definition) is 1. The van der Waals surface area contributed by atoms with Crippen LogP contribution in [-0.2, 0) is 6.54 Å². The highest BCUT2D eigenvalue weighted by molar-refractivity contribution is 7.12. The maximum atomic E-state index is 13.8. The van der Waals surface area contributed by atoms with Crippen LogP contribution >= 0.6 is 11.3 Å². The van der Waals surface area contributed by atoms with Gasteiger partial charge in [-0.15, -0.1) is 11.3 Å². The molecule has 1 unspecified atom stereocenters. The summed E-state index contributed by atoms with van der Waals surface area (Å²) in [4.78, 5) is 17.1. The molecule has 27 heavy (non-hydrogen) atoms. The van der Waals surface area contributed by atoms with Crippen LogP contribution in [0.15, 0.2) is 47.5 Å². The molecular weight excluding hydrogens is 381 g/mol. The zero-order valence-electron chi connectivity index (χ0n) is 13.9. The van der Waals surface area contributed by atoms with Gasteiger partial charge >= 0.3 is 6.18 Å². The number of hydrogen-bond acceptors (Lipinski definition) is 6. The Bertz CT molecular complexity index is 1020. The van der Waals surface area contributed by atoms with Gasteiger partial charge in [0, 0.05) is 18.3 Å². The fraction of sp³-hybridized carbons (Fsp3) is 0.250. The van der Waals surface area contributed by atoms with Gasteiger partial charge in [-0.1, -0.05) is 6.07 Å². The third kappa shape index (κ3) is 2.93. The number of carbonyl (C=O) groups excluding carboxylic acids is 1. The predicted molar refractivity (Wildman–Crippen MR) is 91.4 cm³/mol. The smallest absolute Gasteiger partial charge is 0.320 e. The Labute approximate surface area is 155 Å². The number of nitrogens with one attached hydrogen (secondary N) is 1. The lowest BCUT2D eigenvalue weighted by atomic mass is 9.93. The van der Waals surface area contributed by atoms with Gasteiger partial charge in [0.2, 0.25) is 11.7 Å². The second kappa shape index (κ2) is 6.34. The van der Waals surface area contributed by atoms with Crippen molar-refractivity contribution >= 4 is 23.1 Å². The molecule has 140 valence electrons. The van der Waals surface area contributed by atoms with E-state index >= 15 is 0 Å². The third-order valence-electron chi connectivity index (χ3n) is 4.16. The Balaban J connectivity index is 1.96. The molecule has 0 radical (unpaired) electrons. The first kappa shape index (κ1) is 17.5. The quantitative estimate of drug-likeness (QED) is 0.688. The topological polar surface area (TPSA) is 77.6 Å². The summed E-state index contributed by atoms with van der Waals surface area (Å²) in [7, 11) is 0. The van der Waals surface area contributed by atoms with E-state index in [9.17, 15) is 18.0 Å². The number of ketones is 1. The molecule has 0 saturated heterocycles. The van der Waals surface area contributed by atoms with Crippen LogP contribution in [0.5, 0.6) is 0 Å². The van der Waals surface area contributed by atoms with Crippen LogP contribution in [0.4, 0.5) is 19.1 Å². The molecule has 1 aliphatic rings. The molecule has 4 heterocycles. The summed E-state index contributed by atoms with van der Waals surface area (Å²) in [5.41, 5.74) is -1.14. The van der Waals surface area contributed by atoms with Crippen molar-refractivity contribution in [2.75, 3.05) is 5.32 Å².